The van der Waals surface area contributed by atoms with Crippen molar-refractivity contribution >= 4 is 63.3 Å². The number of anilines is 1. The molecule has 0 radical (unpaired) electrons. The summed E-state index contributed by atoms with van der Waals surface area (Å²) in [6, 6.07) is 8.28. The van der Waals surface area contributed by atoms with Crippen LogP contribution in [-0.4, -0.2) is 172 Å². The Balaban J connectivity index is 1.68. The zero-order chi connectivity index (χ0) is 53.2. The molecule has 2 aliphatic heterocycles. The molecule has 21 nitrogen and oxygen atoms in total. The van der Waals surface area contributed by atoms with Crippen molar-refractivity contribution in [2.75, 3.05) is 109 Å². The number of ether oxygens (including phenoxy) is 6. The topological polar surface area (TPSA) is 296 Å². The Hall–Kier alpha value is -3.54. The molecule has 2 aliphatic rings. The zero-order valence-corrected chi connectivity index (χ0v) is 44.7. The quantitative estimate of drug-likeness (QED) is 0.0398. The molecule has 406 valence electrons. The van der Waals surface area contributed by atoms with Gasteiger partial charge in [-0.05, 0) is 101 Å². The summed E-state index contributed by atoms with van der Waals surface area (Å²) in [5.41, 5.74) is 0.968. The fourth-order valence-electron chi connectivity index (χ4n) is 8.94. The SMILES string of the molecule is COCCOCCOCCOCCOCCOCCN1/C(=C/C=C/C2=[N+](CCCCCC(C)=O)c3ccc(S(=O)(=O)O)cc3C2(C)CCCS(=O)(=O)O)C(C)(CCCS(=O)(=O)O)c2cc(S(=O)(=O)O)ccc21. The maximum absolute atomic E-state index is 12.5. The van der Waals surface area contributed by atoms with E-state index in [9.17, 15) is 56.7 Å². The van der Waals surface area contributed by atoms with Crippen LogP contribution < -0.4 is 4.90 Å². The zero-order valence-electron chi connectivity index (χ0n) is 41.4. The second-order valence-electron chi connectivity index (χ2n) is 17.9. The highest BCUT2D eigenvalue weighted by Gasteiger charge is 2.48. The Morgan fingerprint density at radius 3 is 1.61 bits per heavy atom. The van der Waals surface area contributed by atoms with E-state index in [0.717, 1.165) is 0 Å². The van der Waals surface area contributed by atoms with Crippen molar-refractivity contribution in [2.24, 2.45) is 0 Å². The molecule has 4 N–H and O–H groups in total. The van der Waals surface area contributed by atoms with Crippen LogP contribution in [0.1, 0.15) is 83.3 Å². The van der Waals surface area contributed by atoms with Crippen LogP contribution in [0.4, 0.5) is 11.4 Å². The number of allylic oxidation sites excluding steroid dienone is 4. The average molecular weight is 1100 g/mol. The van der Waals surface area contributed by atoms with Crippen LogP contribution >= 0.6 is 0 Å². The summed E-state index contributed by atoms with van der Waals surface area (Å²) in [5.74, 6) is -1.14. The first-order valence-electron chi connectivity index (χ1n) is 23.6. The highest BCUT2D eigenvalue weighted by molar-refractivity contribution is 7.86. The van der Waals surface area contributed by atoms with E-state index < -0.39 is 67.7 Å². The summed E-state index contributed by atoms with van der Waals surface area (Å²) in [5, 5.41) is 0. The third-order valence-electron chi connectivity index (χ3n) is 12.5. The van der Waals surface area contributed by atoms with Gasteiger partial charge in [0, 0.05) is 61.0 Å². The van der Waals surface area contributed by atoms with Gasteiger partial charge >= 0.3 is 0 Å². The van der Waals surface area contributed by atoms with Crippen LogP contribution in [-0.2, 0) is 84.5 Å². The maximum Gasteiger partial charge on any atom is 0.294 e. The average Bonchev–Trinajstić information content (AvgIpc) is 3.65. The third kappa shape index (κ3) is 18.7. The molecule has 0 aromatic heterocycles. The number of hydrogen-bond acceptors (Lipinski definition) is 16. The number of fused-ring (bicyclic) bond motifs is 2. The monoisotopic (exact) mass is 1100 g/mol. The predicted molar refractivity (Wildman–Crippen MR) is 268 cm³/mol. The second kappa shape index (κ2) is 27.8. The number of methoxy groups -OCH3 is 1. The summed E-state index contributed by atoms with van der Waals surface area (Å²) >= 11 is 0. The van der Waals surface area contributed by atoms with E-state index in [1.54, 1.807) is 45.3 Å². The Morgan fingerprint density at radius 1 is 0.625 bits per heavy atom. The number of ketones is 1. The predicted octanol–water partition coefficient (Wildman–Crippen LogP) is 4.97. The molecular weight excluding hydrogens is 1020 g/mol. The molecular formula is C47H71N2O19S4+. The maximum atomic E-state index is 12.5. The summed E-state index contributed by atoms with van der Waals surface area (Å²) in [6.07, 6.45) is 7.62. The molecule has 2 unspecified atom stereocenters. The number of hydrogen-bond donors (Lipinski definition) is 4. The van der Waals surface area contributed by atoms with Crippen molar-refractivity contribution in [1.29, 1.82) is 0 Å². The number of unbranched alkanes of at least 4 members (excludes halogenated alkanes) is 2. The van der Waals surface area contributed by atoms with Crippen molar-refractivity contribution in [3.8, 4) is 0 Å². The van der Waals surface area contributed by atoms with Crippen molar-refractivity contribution in [1.82, 2.24) is 0 Å². The van der Waals surface area contributed by atoms with Gasteiger partial charge in [0.05, 0.1) is 99.4 Å². The molecule has 25 heteroatoms. The summed E-state index contributed by atoms with van der Waals surface area (Å²) in [7, 11) is -16.6. The summed E-state index contributed by atoms with van der Waals surface area (Å²) < 4.78 is 172. The van der Waals surface area contributed by atoms with E-state index in [0.29, 0.717) is 119 Å². The second-order valence-corrected chi connectivity index (χ2v) is 23.9. The van der Waals surface area contributed by atoms with Gasteiger partial charge in [-0.25, -0.2) is 0 Å². The highest BCUT2D eigenvalue weighted by Crippen LogP contribution is 2.51. The van der Waals surface area contributed by atoms with Gasteiger partial charge in [0.15, 0.2) is 5.71 Å². The smallest absolute Gasteiger partial charge is 0.294 e. The normalized spacial score (nSPS) is 19.0. The third-order valence-corrected chi connectivity index (χ3v) is 15.8. The molecule has 0 saturated carbocycles. The molecule has 0 fully saturated rings. The largest absolute Gasteiger partial charge is 0.382 e. The molecule has 2 heterocycles. The lowest BCUT2D eigenvalue weighted by Gasteiger charge is -2.30. The number of carbonyl (C=O) groups is 1. The van der Waals surface area contributed by atoms with Gasteiger partial charge in [-0.2, -0.15) is 38.2 Å². The van der Waals surface area contributed by atoms with Crippen LogP contribution in [0.2, 0.25) is 0 Å². The van der Waals surface area contributed by atoms with E-state index >= 15 is 0 Å². The van der Waals surface area contributed by atoms with Crippen molar-refractivity contribution in [3.05, 3.63) is 71.5 Å². The minimum atomic E-state index is -4.70. The molecule has 0 amide bonds. The van der Waals surface area contributed by atoms with E-state index in [4.69, 9.17) is 28.4 Å². The fourth-order valence-corrected chi connectivity index (χ4v) is 11.0. The van der Waals surface area contributed by atoms with Gasteiger partial charge in [-0.15, -0.1) is 0 Å². The number of carbonyl (C=O) groups excluding carboxylic acids is 1. The van der Waals surface area contributed by atoms with Gasteiger partial charge in [0.1, 0.15) is 12.3 Å². The van der Waals surface area contributed by atoms with Crippen molar-refractivity contribution in [3.63, 3.8) is 0 Å². The summed E-state index contributed by atoms with van der Waals surface area (Å²) in [4.78, 5) is 12.8. The molecule has 4 rings (SSSR count). The minimum Gasteiger partial charge on any atom is -0.382 e. The van der Waals surface area contributed by atoms with Crippen LogP contribution in [0.3, 0.4) is 0 Å². The molecule has 0 bridgehead atoms. The number of rotatable bonds is 36. The van der Waals surface area contributed by atoms with E-state index in [1.807, 2.05) is 9.48 Å². The lowest BCUT2D eigenvalue weighted by atomic mass is 9.75. The van der Waals surface area contributed by atoms with Crippen LogP contribution in [0.15, 0.2) is 70.1 Å². The molecule has 0 aliphatic carbocycles. The lowest BCUT2D eigenvalue weighted by molar-refractivity contribution is -0.438. The Bertz CT molecular complexity index is 2690. The molecule has 2 atom stereocenters. The highest BCUT2D eigenvalue weighted by atomic mass is 32.2. The van der Waals surface area contributed by atoms with Crippen molar-refractivity contribution in [2.45, 2.75) is 92.8 Å². The van der Waals surface area contributed by atoms with Gasteiger partial charge < -0.3 is 38.1 Å². The number of benzene rings is 2. The molecule has 72 heavy (non-hydrogen) atoms. The van der Waals surface area contributed by atoms with Crippen LogP contribution in [0.25, 0.3) is 0 Å². The molecule has 0 spiro atoms. The first-order chi connectivity index (χ1) is 33.8. The lowest BCUT2D eigenvalue weighted by Crippen LogP contribution is -2.32. The van der Waals surface area contributed by atoms with Crippen LogP contribution in [0, 0.1) is 0 Å². The van der Waals surface area contributed by atoms with Crippen molar-refractivity contribution < 1.29 is 89.7 Å². The first-order valence-corrected chi connectivity index (χ1v) is 29.7. The van der Waals surface area contributed by atoms with Gasteiger partial charge in [0.2, 0.25) is 5.69 Å². The van der Waals surface area contributed by atoms with E-state index in [-0.39, 0.29) is 62.7 Å². The molecule has 0 saturated heterocycles. The van der Waals surface area contributed by atoms with Crippen LogP contribution in [0.5, 0.6) is 0 Å². The number of nitrogens with zero attached hydrogens (tertiary/aromatic N) is 2. The molecule has 2 aromatic carbocycles. The Labute approximate surface area is 424 Å². The fraction of sp³-hybridized carbons (Fsp3) is 0.617. The number of Topliss-reactive ketones (excluding diaryl/α,β-unsaturated/α-hetero) is 1. The first kappa shape index (κ1) is 61.0. The Kier molecular flexibility index (Phi) is 23.6. The van der Waals surface area contributed by atoms with Gasteiger partial charge in [-0.3, -0.25) is 18.2 Å². The Morgan fingerprint density at radius 2 is 1.11 bits per heavy atom. The molecule has 2 aromatic rings. The van der Waals surface area contributed by atoms with E-state index in [2.05, 4.69) is 0 Å². The van der Waals surface area contributed by atoms with Gasteiger partial charge in [-0.1, -0.05) is 6.08 Å². The van der Waals surface area contributed by atoms with Gasteiger partial charge in [0.25, 0.3) is 40.5 Å². The summed E-state index contributed by atoms with van der Waals surface area (Å²) in [6.45, 7) is 9.59. The minimum absolute atomic E-state index is 0.0396. The standard InChI is InChI=1S/C47H70N2O19S4/c1-37(50)11-6-5-7-20-48-42-16-14-38(71(57,58)59)35-40(42)46(2,18-9-33-69(51,52)53)44(48)12-8-13-45-47(3,19-10-34-70(54,55)56)41-36-39(72(60,61)62)15-17-43(41)49(45)21-22-64-25-26-66-29-30-68-32-31-67-28-27-65-24-23-63-4/h8,12-17,35-36H,5-7,9-11,18-34H2,1-4H3,(H3-,51,52,53,54,55,56,57,58,59,60,61,62)/p+1. The van der Waals surface area contributed by atoms with E-state index in [1.165, 1.54) is 37.3 Å².